The van der Waals surface area contributed by atoms with E-state index in [0.717, 1.165) is 0 Å². The molecule has 1 saturated carbocycles. The molecule has 0 aromatic heterocycles. The summed E-state index contributed by atoms with van der Waals surface area (Å²) in [6, 6.07) is 0. The van der Waals surface area contributed by atoms with Crippen molar-refractivity contribution in [1.29, 1.82) is 0 Å². The summed E-state index contributed by atoms with van der Waals surface area (Å²) in [7, 11) is 3.04. The first-order valence-corrected chi connectivity index (χ1v) is 5.09. The number of hydrogen-bond donors (Lipinski definition) is 1. The van der Waals surface area contributed by atoms with Crippen LogP contribution in [-0.4, -0.2) is 43.8 Å². The second kappa shape index (κ2) is 3.73. The van der Waals surface area contributed by atoms with Gasteiger partial charge in [-0.05, 0) is 6.42 Å². The lowest BCUT2D eigenvalue weighted by molar-refractivity contribution is -0.265. The molecule has 0 amide bonds. The second-order valence-corrected chi connectivity index (χ2v) is 4.10. The number of carbonyl (C=O) groups is 1. The predicted molar refractivity (Wildman–Crippen MR) is 49.9 cm³/mol. The van der Waals surface area contributed by atoms with E-state index in [1.165, 1.54) is 14.2 Å². The van der Waals surface area contributed by atoms with Crippen LogP contribution in [0.4, 0.5) is 0 Å². The van der Waals surface area contributed by atoms with E-state index in [-0.39, 0.29) is 18.5 Å². The fourth-order valence-electron chi connectivity index (χ4n) is 2.64. The normalized spacial score (nSPS) is 38.6. The monoisotopic (exact) mass is 216 g/mol. The molecule has 15 heavy (non-hydrogen) atoms. The van der Waals surface area contributed by atoms with E-state index < -0.39 is 17.8 Å². The molecule has 0 aromatic carbocycles. The van der Waals surface area contributed by atoms with E-state index in [9.17, 15) is 9.90 Å². The van der Waals surface area contributed by atoms with Crippen molar-refractivity contribution in [3.63, 3.8) is 0 Å². The lowest BCUT2D eigenvalue weighted by Crippen LogP contribution is -2.53. The Bertz CT molecular complexity index is 261. The minimum Gasteiger partial charge on any atom is -0.465 e. The van der Waals surface area contributed by atoms with Gasteiger partial charge in [0.25, 0.3) is 0 Å². The number of esters is 1. The lowest BCUT2D eigenvalue weighted by atomic mass is 9.74. The van der Waals surface area contributed by atoms with Crippen molar-refractivity contribution in [3.8, 4) is 0 Å². The van der Waals surface area contributed by atoms with Crippen molar-refractivity contribution in [3.05, 3.63) is 0 Å². The molecule has 0 aromatic rings. The molecular formula is C10H16O5. The molecule has 2 aliphatic rings. The highest BCUT2D eigenvalue weighted by atomic mass is 16.7. The third-order valence-corrected chi connectivity index (χ3v) is 3.55. The van der Waals surface area contributed by atoms with E-state index in [2.05, 4.69) is 0 Å². The summed E-state index contributed by atoms with van der Waals surface area (Å²) in [5.41, 5.74) is 0. The van der Waals surface area contributed by atoms with Crippen molar-refractivity contribution in [2.45, 2.75) is 24.7 Å². The van der Waals surface area contributed by atoms with Gasteiger partial charge in [-0.1, -0.05) is 0 Å². The molecule has 1 aliphatic carbocycles. The second-order valence-electron chi connectivity index (χ2n) is 4.10. The van der Waals surface area contributed by atoms with Crippen LogP contribution >= 0.6 is 0 Å². The van der Waals surface area contributed by atoms with Crippen molar-refractivity contribution in [2.75, 3.05) is 20.8 Å². The Morgan fingerprint density at radius 1 is 1.47 bits per heavy atom. The lowest BCUT2D eigenvalue weighted by Gasteiger charge is -2.42. The van der Waals surface area contributed by atoms with Gasteiger partial charge in [0.05, 0.1) is 12.7 Å². The molecule has 86 valence electrons. The van der Waals surface area contributed by atoms with E-state index in [4.69, 9.17) is 14.2 Å². The Morgan fingerprint density at radius 3 is 2.73 bits per heavy atom. The molecule has 3 atom stereocenters. The van der Waals surface area contributed by atoms with Crippen LogP contribution in [0.1, 0.15) is 12.8 Å². The van der Waals surface area contributed by atoms with Crippen LogP contribution in [0, 0.1) is 11.8 Å². The zero-order valence-electron chi connectivity index (χ0n) is 8.93. The molecule has 5 nitrogen and oxygen atoms in total. The Hall–Kier alpha value is -0.650. The largest absolute Gasteiger partial charge is 0.465 e. The number of carbonyl (C=O) groups excluding carboxylic acids is 1. The molecule has 2 rings (SSSR count). The summed E-state index contributed by atoms with van der Waals surface area (Å²) >= 11 is 0. The molecule has 5 heteroatoms. The summed E-state index contributed by atoms with van der Waals surface area (Å²) in [4.78, 5) is 11.6. The third kappa shape index (κ3) is 1.46. The molecule has 0 spiro atoms. The van der Waals surface area contributed by atoms with Crippen molar-refractivity contribution in [2.24, 2.45) is 11.8 Å². The van der Waals surface area contributed by atoms with Gasteiger partial charge in [0, 0.05) is 26.6 Å². The topological polar surface area (TPSA) is 65.0 Å². The Balaban J connectivity index is 2.30. The average molecular weight is 216 g/mol. The summed E-state index contributed by atoms with van der Waals surface area (Å²) in [6.07, 6.45) is 0.580. The molecule has 0 bridgehead atoms. The van der Waals surface area contributed by atoms with Crippen LogP contribution in [0.5, 0.6) is 0 Å². The average Bonchev–Trinajstić information content (AvgIpc) is 2.64. The summed E-state index contributed by atoms with van der Waals surface area (Å²) in [6.45, 7) is 0.263. The van der Waals surface area contributed by atoms with Crippen LogP contribution in [-0.2, 0) is 19.0 Å². The molecule has 0 unspecified atom stereocenters. The van der Waals surface area contributed by atoms with E-state index in [1.54, 1.807) is 0 Å². The summed E-state index contributed by atoms with van der Waals surface area (Å²) in [5, 5.41) is 9.78. The molecule has 0 radical (unpaired) electrons. The van der Waals surface area contributed by atoms with Gasteiger partial charge in [0.2, 0.25) is 0 Å². The number of ether oxygens (including phenoxy) is 3. The fraction of sp³-hybridized carbons (Fsp3) is 0.900. The van der Waals surface area contributed by atoms with Crippen LogP contribution in [0.15, 0.2) is 0 Å². The fourth-order valence-corrected chi connectivity index (χ4v) is 2.64. The standard InChI is InChI=1S/C10H16O5/c1-13-10(14-2)4-3-7(11)6-5-15-9(12)8(6)10/h6-8,11H,3-5H2,1-2H3/t6-,7-,8-/m1/s1. The van der Waals surface area contributed by atoms with Gasteiger partial charge in [-0.15, -0.1) is 0 Å². The van der Waals surface area contributed by atoms with Crippen LogP contribution in [0.3, 0.4) is 0 Å². The van der Waals surface area contributed by atoms with Gasteiger partial charge in [-0.25, -0.2) is 0 Å². The highest BCUT2D eigenvalue weighted by Gasteiger charge is 2.58. The van der Waals surface area contributed by atoms with Gasteiger partial charge in [-0.3, -0.25) is 4.79 Å². The number of aliphatic hydroxyl groups excluding tert-OH is 1. The SMILES string of the molecule is COC1(OC)CC[C@@H](O)[C@H]2COC(=O)[C@@H]21. The first-order valence-electron chi connectivity index (χ1n) is 5.09. The summed E-state index contributed by atoms with van der Waals surface area (Å²) in [5.74, 6) is -1.96. The Labute approximate surface area is 88.3 Å². The van der Waals surface area contributed by atoms with E-state index >= 15 is 0 Å². The highest BCUT2D eigenvalue weighted by Crippen LogP contribution is 2.44. The summed E-state index contributed by atoms with van der Waals surface area (Å²) < 4.78 is 15.6. The number of cyclic esters (lactones) is 1. The zero-order valence-corrected chi connectivity index (χ0v) is 8.93. The van der Waals surface area contributed by atoms with Crippen molar-refractivity contribution < 1.29 is 24.1 Å². The molecule has 1 heterocycles. The smallest absolute Gasteiger partial charge is 0.314 e. The molecular weight excluding hydrogens is 200 g/mol. The van der Waals surface area contributed by atoms with Crippen molar-refractivity contribution in [1.82, 2.24) is 0 Å². The van der Waals surface area contributed by atoms with Gasteiger partial charge in [0.15, 0.2) is 5.79 Å². The predicted octanol–water partition coefficient (Wildman–Crippen LogP) is -0.0806. The van der Waals surface area contributed by atoms with Crippen molar-refractivity contribution >= 4 is 5.97 Å². The van der Waals surface area contributed by atoms with Crippen LogP contribution in [0.2, 0.25) is 0 Å². The van der Waals surface area contributed by atoms with Gasteiger partial charge in [0.1, 0.15) is 5.92 Å². The van der Waals surface area contributed by atoms with Gasteiger partial charge in [-0.2, -0.15) is 0 Å². The Kier molecular flexibility index (Phi) is 2.70. The van der Waals surface area contributed by atoms with Gasteiger partial charge >= 0.3 is 5.97 Å². The first kappa shape index (κ1) is 10.9. The van der Waals surface area contributed by atoms with E-state index in [0.29, 0.717) is 12.8 Å². The maximum absolute atomic E-state index is 11.6. The molecule has 1 saturated heterocycles. The van der Waals surface area contributed by atoms with Crippen LogP contribution < -0.4 is 0 Å². The van der Waals surface area contributed by atoms with Gasteiger partial charge < -0.3 is 19.3 Å². The number of fused-ring (bicyclic) bond motifs is 1. The maximum Gasteiger partial charge on any atom is 0.314 e. The maximum atomic E-state index is 11.6. The highest BCUT2D eigenvalue weighted by molar-refractivity contribution is 5.76. The number of rotatable bonds is 2. The zero-order chi connectivity index (χ0) is 11.1. The Morgan fingerprint density at radius 2 is 2.13 bits per heavy atom. The molecule has 1 N–H and O–H groups in total. The molecule has 1 aliphatic heterocycles. The minimum absolute atomic E-state index is 0.203. The number of hydrogen-bond acceptors (Lipinski definition) is 5. The quantitative estimate of drug-likeness (QED) is 0.516. The third-order valence-electron chi connectivity index (χ3n) is 3.55. The number of methoxy groups -OCH3 is 2. The minimum atomic E-state index is -0.919. The molecule has 2 fully saturated rings. The van der Waals surface area contributed by atoms with Crippen LogP contribution in [0.25, 0.3) is 0 Å². The van der Waals surface area contributed by atoms with E-state index in [1.807, 2.05) is 0 Å². The number of aliphatic hydroxyl groups is 1. The first-order chi connectivity index (χ1) is 7.14.